The van der Waals surface area contributed by atoms with Crippen molar-refractivity contribution < 1.29 is 9.59 Å². The summed E-state index contributed by atoms with van der Waals surface area (Å²) < 4.78 is 0. The average molecular weight is 378 g/mol. The van der Waals surface area contributed by atoms with E-state index in [0.717, 1.165) is 6.42 Å². The zero-order chi connectivity index (χ0) is 17.8. The van der Waals surface area contributed by atoms with Crippen LogP contribution in [0.5, 0.6) is 0 Å². The van der Waals surface area contributed by atoms with Crippen LogP contribution in [0.1, 0.15) is 12.8 Å². The van der Waals surface area contributed by atoms with E-state index >= 15 is 0 Å². The first-order chi connectivity index (χ1) is 12.0. The van der Waals surface area contributed by atoms with Gasteiger partial charge >= 0.3 is 6.03 Å². The summed E-state index contributed by atoms with van der Waals surface area (Å²) in [4.78, 5) is 26.6. The molecule has 0 aliphatic carbocycles. The molecule has 3 rings (SSSR count). The van der Waals surface area contributed by atoms with E-state index in [1.807, 2.05) is 0 Å². The molecule has 0 saturated carbocycles. The highest BCUT2D eigenvalue weighted by atomic mass is 35.5. The Morgan fingerprint density at radius 1 is 0.960 bits per heavy atom. The van der Waals surface area contributed by atoms with Crippen molar-refractivity contribution in [3.63, 3.8) is 0 Å². The van der Waals surface area contributed by atoms with Gasteiger partial charge in [-0.15, -0.1) is 0 Å². The molecule has 2 N–H and O–H groups in total. The molecule has 1 heterocycles. The number of amides is 3. The molecular weight excluding hydrogens is 361 g/mol. The molecule has 0 bridgehead atoms. The van der Waals surface area contributed by atoms with Crippen molar-refractivity contribution in [3.8, 4) is 0 Å². The number of nitrogens with one attached hydrogen (secondary N) is 2. The van der Waals surface area contributed by atoms with Gasteiger partial charge in [0.2, 0.25) is 5.91 Å². The van der Waals surface area contributed by atoms with Crippen molar-refractivity contribution in [3.05, 3.63) is 58.6 Å². The standard InChI is InChI=1S/C18H17Cl2N3O2/c19-12-6-8-14(9-7-12)21-17(24)16-5-2-10-23(16)18(25)22-15-4-1-3-13(20)11-15/h1,3-4,6-9,11,16H,2,5,10H2,(H,21,24)(H,22,25)/t16-/m1/s1. The third-order valence-corrected chi connectivity index (χ3v) is 4.49. The molecule has 25 heavy (non-hydrogen) atoms. The number of halogens is 2. The number of likely N-dealkylation sites (tertiary alicyclic amines) is 1. The van der Waals surface area contributed by atoms with E-state index < -0.39 is 6.04 Å². The predicted molar refractivity (Wildman–Crippen MR) is 100 cm³/mol. The minimum Gasteiger partial charge on any atom is -0.324 e. The molecule has 1 aliphatic heterocycles. The lowest BCUT2D eigenvalue weighted by Gasteiger charge is -2.24. The first-order valence-corrected chi connectivity index (χ1v) is 8.68. The molecule has 0 unspecified atom stereocenters. The monoisotopic (exact) mass is 377 g/mol. The van der Waals surface area contributed by atoms with Gasteiger partial charge in [0.05, 0.1) is 0 Å². The van der Waals surface area contributed by atoms with Crippen molar-refractivity contribution in [1.82, 2.24) is 4.90 Å². The largest absolute Gasteiger partial charge is 0.324 e. The van der Waals surface area contributed by atoms with Gasteiger partial charge in [0.25, 0.3) is 0 Å². The zero-order valence-corrected chi connectivity index (χ0v) is 14.8. The third-order valence-electron chi connectivity index (χ3n) is 4.00. The maximum atomic E-state index is 12.5. The van der Waals surface area contributed by atoms with Gasteiger partial charge in [0.1, 0.15) is 6.04 Å². The smallest absolute Gasteiger partial charge is 0.322 e. The van der Waals surface area contributed by atoms with Gasteiger partial charge in [-0.25, -0.2) is 4.79 Å². The number of nitrogens with zero attached hydrogens (tertiary/aromatic N) is 1. The van der Waals surface area contributed by atoms with Crippen LogP contribution < -0.4 is 10.6 Å². The van der Waals surface area contributed by atoms with Crippen molar-refractivity contribution in [1.29, 1.82) is 0 Å². The van der Waals surface area contributed by atoms with Crippen LogP contribution in [-0.2, 0) is 4.79 Å². The summed E-state index contributed by atoms with van der Waals surface area (Å²) >= 11 is 11.8. The number of urea groups is 1. The molecule has 1 fully saturated rings. The van der Waals surface area contributed by atoms with Gasteiger partial charge in [0, 0.05) is 28.0 Å². The van der Waals surface area contributed by atoms with Crippen molar-refractivity contribution in [2.45, 2.75) is 18.9 Å². The van der Waals surface area contributed by atoms with E-state index in [1.165, 1.54) is 0 Å². The maximum absolute atomic E-state index is 12.5. The molecule has 1 saturated heterocycles. The quantitative estimate of drug-likeness (QED) is 0.818. The van der Waals surface area contributed by atoms with E-state index in [4.69, 9.17) is 23.2 Å². The number of anilines is 2. The van der Waals surface area contributed by atoms with Crippen LogP contribution in [0.3, 0.4) is 0 Å². The highest BCUT2D eigenvalue weighted by molar-refractivity contribution is 6.31. The fourth-order valence-corrected chi connectivity index (χ4v) is 3.12. The summed E-state index contributed by atoms with van der Waals surface area (Å²) in [5.74, 6) is -0.207. The van der Waals surface area contributed by atoms with Crippen LogP contribution in [0.2, 0.25) is 10.0 Å². The molecule has 2 aromatic carbocycles. The highest BCUT2D eigenvalue weighted by Crippen LogP contribution is 2.22. The summed E-state index contributed by atoms with van der Waals surface area (Å²) in [6, 6.07) is 13.0. The summed E-state index contributed by atoms with van der Waals surface area (Å²) in [5.41, 5.74) is 1.25. The van der Waals surface area contributed by atoms with Gasteiger partial charge in [-0.2, -0.15) is 0 Å². The Balaban J connectivity index is 1.65. The predicted octanol–water partition coefficient (Wildman–Crippen LogP) is 4.63. The molecular formula is C18H17Cl2N3O2. The fourth-order valence-electron chi connectivity index (χ4n) is 2.80. The SMILES string of the molecule is O=C(Nc1ccc(Cl)cc1)[C@H]1CCCN1C(=O)Nc1cccc(Cl)c1. The molecule has 7 heteroatoms. The minimum atomic E-state index is -0.505. The number of hydrogen-bond acceptors (Lipinski definition) is 2. The van der Waals surface area contributed by atoms with E-state index in [-0.39, 0.29) is 11.9 Å². The normalized spacial score (nSPS) is 16.6. The molecule has 3 amide bonds. The molecule has 0 radical (unpaired) electrons. The number of hydrogen-bond donors (Lipinski definition) is 2. The number of carbonyl (C=O) groups excluding carboxylic acids is 2. The summed E-state index contributed by atoms with van der Waals surface area (Å²) in [6.07, 6.45) is 1.41. The van der Waals surface area contributed by atoms with Crippen LogP contribution in [-0.4, -0.2) is 29.4 Å². The van der Waals surface area contributed by atoms with Gasteiger partial charge < -0.3 is 15.5 Å². The summed E-state index contributed by atoms with van der Waals surface area (Å²) in [7, 11) is 0. The molecule has 0 spiro atoms. The average Bonchev–Trinajstić information content (AvgIpc) is 3.07. The molecule has 5 nitrogen and oxygen atoms in total. The number of benzene rings is 2. The molecule has 130 valence electrons. The third kappa shape index (κ3) is 4.44. The Morgan fingerprint density at radius 2 is 1.72 bits per heavy atom. The van der Waals surface area contributed by atoms with Crippen LogP contribution in [0, 0.1) is 0 Å². The lowest BCUT2D eigenvalue weighted by Crippen LogP contribution is -2.45. The first kappa shape index (κ1) is 17.6. The molecule has 1 atom stereocenters. The second kappa shape index (κ2) is 7.76. The second-order valence-electron chi connectivity index (χ2n) is 5.79. The zero-order valence-electron chi connectivity index (χ0n) is 13.3. The maximum Gasteiger partial charge on any atom is 0.322 e. The first-order valence-electron chi connectivity index (χ1n) is 7.92. The Kier molecular flexibility index (Phi) is 5.46. The number of carbonyl (C=O) groups is 2. The van der Waals surface area contributed by atoms with Crippen LogP contribution in [0.4, 0.5) is 16.2 Å². The van der Waals surface area contributed by atoms with Crippen LogP contribution in [0.25, 0.3) is 0 Å². The lowest BCUT2D eigenvalue weighted by molar-refractivity contribution is -0.119. The van der Waals surface area contributed by atoms with Crippen molar-refractivity contribution in [2.75, 3.05) is 17.2 Å². The topological polar surface area (TPSA) is 61.4 Å². The summed E-state index contributed by atoms with van der Waals surface area (Å²) in [5, 5.41) is 6.75. The van der Waals surface area contributed by atoms with E-state index in [2.05, 4.69) is 10.6 Å². The van der Waals surface area contributed by atoms with Gasteiger partial charge in [0.15, 0.2) is 0 Å². The minimum absolute atomic E-state index is 0.207. The van der Waals surface area contributed by atoms with Crippen molar-refractivity contribution >= 4 is 46.5 Å². The van der Waals surface area contributed by atoms with Gasteiger partial charge in [-0.1, -0.05) is 29.3 Å². The molecule has 1 aliphatic rings. The summed E-state index contributed by atoms with van der Waals surface area (Å²) in [6.45, 7) is 0.533. The Morgan fingerprint density at radius 3 is 2.44 bits per heavy atom. The Bertz CT molecular complexity index is 780. The van der Waals surface area contributed by atoms with Crippen molar-refractivity contribution in [2.24, 2.45) is 0 Å². The van der Waals surface area contributed by atoms with Crippen LogP contribution in [0.15, 0.2) is 48.5 Å². The second-order valence-corrected chi connectivity index (χ2v) is 6.66. The van der Waals surface area contributed by atoms with Gasteiger partial charge in [-0.05, 0) is 55.3 Å². The number of rotatable bonds is 3. The Labute approximate surface area is 155 Å². The highest BCUT2D eigenvalue weighted by Gasteiger charge is 2.34. The Hall–Kier alpha value is -2.24. The molecule has 0 aromatic heterocycles. The lowest BCUT2D eigenvalue weighted by atomic mass is 10.2. The van der Waals surface area contributed by atoms with E-state index in [9.17, 15) is 9.59 Å². The molecule has 2 aromatic rings. The fraction of sp³-hybridized carbons (Fsp3) is 0.222. The van der Waals surface area contributed by atoms with Crippen LogP contribution >= 0.6 is 23.2 Å². The van der Waals surface area contributed by atoms with E-state index in [1.54, 1.807) is 53.4 Å². The van der Waals surface area contributed by atoms with E-state index in [0.29, 0.717) is 34.4 Å². The van der Waals surface area contributed by atoms with Gasteiger partial charge in [-0.3, -0.25) is 4.79 Å².